The van der Waals surface area contributed by atoms with Crippen molar-refractivity contribution < 1.29 is 9.59 Å². The van der Waals surface area contributed by atoms with E-state index in [2.05, 4.69) is 10.6 Å². The van der Waals surface area contributed by atoms with Crippen LogP contribution in [0.5, 0.6) is 0 Å². The topological polar surface area (TPSA) is 58.2 Å². The van der Waals surface area contributed by atoms with Gasteiger partial charge in [0.05, 0.1) is 11.4 Å². The first-order valence-electron chi connectivity index (χ1n) is 6.67. The lowest BCUT2D eigenvalue weighted by molar-refractivity contribution is -0.113. The molecule has 4 nitrogen and oxygen atoms in total. The monoisotopic (exact) mass is 332 g/mol. The summed E-state index contributed by atoms with van der Waals surface area (Å²) < 4.78 is 0. The van der Waals surface area contributed by atoms with E-state index in [0.29, 0.717) is 27.7 Å². The third-order valence-corrected chi connectivity index (χ3v) is 4.79. The van der Waals surface area contributed by atoms with Gasteiger partial charge in [0.15, 0.2) is 0 Å². The second kappa shape index (κ2) is 6.02. The minimum Gasteiger partial charge on any atom is -0.324 e. The highest BCUT2D eigenvalue weighted by molar-refractivity contribution is 8.00. The molecule has 0 atom stereocenters. The number of amides is 2. The highest BCUT2D eigenvalue weighted by Gasteiger charge is 2.17. The smallest absolute Gasteiger partial charge is 0.255 e. The molecule has 2 N–H and O–H groups in total. The molecule has 0 aromatic heterocycles. The fourth-order valence-electron chi connectivity index (χ4n) is 2.10. The molecule has 0 radical (unpaired) electrons. The Balaban J connectivity index is 1.81. The molecule has 0 saturated carbocycles. The van der Waals surface area contributed by atoms with E-state index >= 15 is 0 Å². The zero-order valence-corrected chi connectivity index (χ0v) is 13.3. The zero-order chi connectivity index (χ0) is 15.7. The maximum Gasteiger partial charge on any atom is 0.255 e. The molecular weight excluding hydrogens is 320 g/mol. The summed E-state index contributed by atoms with van der Waals surface area (Å²) in [4.78, 5) is 24.7. The summed E-state index contributed by atoms with van der Waals surface area (Å²) in [6.45, 7) is 1.90. The van der Waals surface area contributed by atoms with Gasteiger partial charge in [-0.25, -0.2) is 0 Å². The number of hydrogen-bond donors (Lipinski definition) is 2. The maximum atomic E-state index is 12.3. The van der Waals surface area contributed by atoms with Crippen molar-refractivity contribution >= 4 is 46.6 Å². The summed E-state index contributed by atoms with van der Waals surface area (Å²) in [5.41, 5.74) is 2.75. The van der Waals surface area contributed by atoms with Gasteiger partial charge in [0.1, 0.15) is 0 Å². The number of carbonyl (C=O) groups is 2. The van der Waals surface area contributed by atoms with Gasteiger partial charge in [-0.15, -0.1) is 11.8 Å². The van der Waals surface area contributed by atoms with Gasteiger partial charge in [-0.1, -0.05) is 17.7 Å². The largest absolute Gasteiger partial charge is 0.324 e. The van der Waals surface area contributed by atoms with Gasteiger partial charge in [-0.3, -0.25) is 9.59 Å². The van der Waals surface area contributed by atoms with Crippen molar-refractivity contribution in [3.05, 3.63) is 52.5 Å². The summed E-state index contributed by atoms with van der Waals surface area (Å²) in [6.07, 6.45) is 0. The minimum atomic E-state index is -0.243. The van der Waals surface area contributed by atoms with E-state index in [1.807, 2.05) is 19.1 Å². The molecule has 2 aromatic rings. The first-order valence-corrected chi connectivity index (χ1v) is 8.03. The summed E-state index contributed by atoms with van der Waals surface area (Å²) in [5.74, 6) is 0.105. The lowest BCUT2D eigenvalue weighted by Crippen LogP contribution is -2.19. The molecule has 0 spiro atoms. The number of nitrogens with one attached hydrogen (secondary N) is 2. The molecule has 6 heteroatoms. The normalized spacial score (nSPS) is 13.3. The Hall–Kier alpha value is -1.98. The molecule has 1 heterocycles. The molecule has 3 rings (SSSR count). The Morgan fingerprint density at radius 1 is 1.27 bits per heavy atom. The second-order valence-electron chi connectivity index (χ2n) is 4.97. The molecule has 2 amide bonds. The van der Waals surface area contributed by atoms with Crippen LogP contribution >= 0.6 is 23.4 Å². The van der Waals surface area contributed by atoms with Crippen molar-refractivity contribution in [3.63, 3.8) is 0 Å². The average molecular weight is 333 g/mol. The van der Waals surface area contributed by atoms with Crippen LogP contribution in [0.2, 0.25) is 5.02 Å². The minimum absolute atomic E-state index is 0.0552. The number of thioether (sulfide) groups is 1. The summed E-state index contributed by atoms with van der Waals surface area (Å²) >= 11 is 7.52. The standard InChI is InChI=1S/C16H13ClN2O2S/c1-9-2-4-11(7-12(9)17)18-16(21)10-3-5-14-13(6-10)19-15(20)8-22-14/h2-7H,8H2,1H3,(H,18,21)(H,19,20). The van der Waals surface area contributed by atoms with Crippen molar-refractivity contribution in [2.45, 2.75) is 11.8 Å². The quantitative estimate of drug-likeness (QED) is 0.875. The molecule has 0 bridgehead atoms. The predicted octanol–water partition coefficient (Wildman–Crippen LogP) is 3.94. The summed E-state index contributed by atoms with van der Waals surface area (Å²) in [7, 11) is 0. The van der Waals surface area contributed by atoms with Crippen molar-refractivity contribution in [1.82, 2.24) is 0 Å². The van der Waals surface area contributed by atoms with Crippen LogP contribution in [0, 0.1) is 6.92 Å². The maximum absolute atomic E-state index is 12.3. The van der Waals surface area contributed by atoms with E-state index in [4.69, 9.17) is 11.6 Å². The van der Waals surface area contributed by atoms with Gasteiger partial charge in [0.2, 0.25) is 5.91 Å². The van der Waals surface area contributed by atoms with Crippen molar-refractivity contribution in [2.24, 2.45) is 0 Å². The van der Waals surface area contributed by atoms with Crippen LogP contribution in [-0.4, -0.2) is 17.6 Å². The van der Waals surface area contributed by atoms with Gasteiger partial charge < -0.3 is 10.6 Å². The number of hydrogen-bond acceptors (Lipinski definition) is 3. The first kappa shape index (κ1) is 14.9. The van der Waals surface area contributed by atoms with Crippen molar-refractivity contribution in [2.75, 3.05) is 16.4 Å². The molecule has 112 valence electrons. The van der Waals surface area contributed by atoms with E-state index in [1.54, 1.807) is 24.3 Å². The van der Waals surface area contributed by atoms with E-state index in [9.17, 15) is 9.59 Å². The Kier molecular flexibility index (Phi) is 4.09. The number of benzene rings is 2. The average Bonchev–Trinajstić information content (AvgIpc) is 2.50. The molecule has 0 fully saturated rings. The van der Waals surface area contributed by atoms with Crippen molar-refractivity contribution in [3.8, 4) is 0 Å². The Labute approximate surface area is 137 Å². The number of carbonyl (C=O) groups excluding carboxylic acids is 2. The van der Waals surface area contributed by atoms with Crippen LogP contribution in [0.15, 0.2) is 41.3 Å². The van der Waals surface area contributed by atoms with Crippen LogP contribution in [0.1, 0.15) is 15.9 Å². The Morgan fingerprint density at radius 3 is 2.86 bits per heavy atom. The predicted molar refractivity (Wildman–Crippen MR) is 89.9 cm³/mol. The number of halogens is 1. The van der Waals surface area contributed by atoms with Gasteiger partial charge in [-0.05, 0) is 42.8 Å². The lowest BCUT2D eigenvalue weighted by Gasteiger charge is -2.17. The highest BCUT2D eigenvalue weighted by atomic mass is 35.5. The van der Waals surface area contributed by atoms with E-state index < -0.39 is 0 Å². The molecule has 0 unspecified atom stereocenters. The Bertz CT molecular complexity index is 777. The van der Waals surface area contributed by atoms with Gasteiger partial charge in [-0.2, -0.15) is 0 Å². The summed E-state index contributed by atoms with van der Waals surface area (Å²) in [5, 5.41) is 6.18. The highest BCUT2D eigenvalue weighted by Crippen LogP contribution is 2.32. The van der Waals surface area contributed by atoms with Crippen LogP contribution in [0.25, 0.3) is 0 Å². The number of rotatable bonds is 2. The van der Waals surface area contributed by atoms with Gasteiger partial charge in [0, 0.05) is 21.2 Å². The SMILES string of the molecule is Cc1ccc(NC(=O)c2ccc3c(c2)NC(=O)CS3)cc1Cl. The van der Waals surface area contributed by atoms with Crippen LogP contribution in [0.3, 0.4) is 0 Å². The van der Waals surface area contributed by atoms with Gasteiger partial charge >= 0.3 is 0 Å². The van der Waals surface area contributed by atoms with E-state index in [-0.39, 0.29) is 11.8 Å². The molecule has 1 aliphatic rings. The molecule has 22 heavy (non-hydrogen) atoms. The van der Waals surface area contributed by atoms with Gasteiger partial charge in [0.25, 0.3) is 5.91 Å². The second-order valence-corrected chi connectivity index (χ2v) is 6.39. The third kappa shape index (κ3) is 3.10. The first-order chi connectivity index (χ1) is 10.5. The molecule has 1 aliphatic heterocycles. The van der Waals surface area contributed by atoms with Crippen molar-refractivity contribution in [1.29, 1.82) is 0 Å². The Morgan fingerprint density at radius 2 is 2.09 bits per heavy atom. The fourth-order valence-corrected chi connectivity index (χ4v) is 3.07. The fraction of sp³-hybridized carbons (Fsp3) is 0.125. The molecular formula is C16H13ClN2O2S. The van der Waals surface area contributed by atoms with Crippen LogP contribution in [-0.2, 0) is 4.79 Å². The number of anilines is 2. The van der Waals surface area contributed by atoms with Crippen LogP contribution in [0.4, 0.5) is 11.4 Å². The van der Waals surface area contributed by atoms with Crippen LogP contribution < -0.4 is 10.6 Å². The third-order valence-electron chi connectivity index (χ3n) is 3.30. The zero-order valence-electron chi connectivity index (χ0n) is 11.8. The number of aryl methyl sites for hydroxylation is 1. The van der Waals surface area contributed by atoms with E-state index in [0.717, 1.165) is 10.5 Å². The molecule has 2 aromatic carbocycles. The van der Waals surface area contributed by atoms with E-state index in [1.165, 1.54) is 11.8 Å². The lowest BCUT2D eigenvalue weighted by atomic mass is 10.1. The summed E-state index contributed by atoms with van der Waals surface area (Å²) in [6, 6.07) is 10.6. The molecule has 0 saturated heterocycles. The number of fused-ring (bicyclic) bond motifs is 1. The molecule has 0 aliphatic carbocycles.